The summed E-state index contributed by atoms with van der Waals surface area (Å²) in [4.78, 5) is 18.0. The van der Waals surface area contributed by atoms with Crippen LogP contribution >= 0.6 is 22.6 Å². The first-order chi connectivity index (χ1) is 9.74. The second-order valence-corrected chi connectivity index (χ2v) is 7.61. The molecular weight excluding hydrogens is 383 g/mol. The molecule has 0 spiro atoms. The third kappa shape index (κ3) is 4.72. The molecule has 0 bridgehead atoms. The fraction of sp³-hybridized carbons (Fsp3) is 0.600. The highest BCUT2D eigenvalue weighted by Crippen LogP contribution is 2.28. The Morgan fingerprint density at radius 1 is 1.48 bits per heavy atom. The fourth-order valence-corrected chi connectivity index (χ4v) is 3.15. The lowest BCUT2D eigenvalue weighted by Gasteiger charge is -2.26. The predicted octanol–water partition coefficient (Wildman–Crippen LogP) is 3.54. The summed E-state index contributed by atoms with van der Waals surface area (Å²) < 4.78 is 11.5. The highest BCUT2D eigenvalue weighted by atomic mass is 127. The minimum atomic E-state index is -0.478. The number of carbonyl (C=O) groups is 1. The molecule has 0 radical (unpaired) electrons. The summed E-state index contributed by atoms with van der Waals surface area (Å²) in [5, 5.41) is 0. The van der Waals surface area contributed by atoms with Gasteiger partial charge in [-0.2, -0.15) is 0 Å². The zero-order valence-corrected chi connectivity index (χ0v) is 15.0. The fourth-order valence-electron chi connectivity index (χ4n) is 2.13. The summed E-state index contributed by atoms with van der Waals surface area (Å²) in [6.45, 7) is 8.09. The Bertz CT molecular complexity index is 516. The average molecular weight is 404 g/mol. The zero-order valence-electron chi connectivity index (χ0n) is 12.8. The third-order valence-corrected chi connectivity index (χ3v) is 4.18. The number of hydrogen-bond donors (Lipinski definition) is 0. The summed E-state index contributed by atoms with van der Waals surface area (Å²) in [5.74, 6) is 0.794. The molecule has 1 amide bonds. The first kappa shape index (κ1) is 16.3. The van der Waals surface area contributed by atoms with E-state index in [-0.39, 0.29) is 16.2 Å². The quantitative estimate of drug-likeness (QED) is 0.430. The molecule has 1 fully saturated rings. The van der Waals surface area contributed by atoms with Crippen molar-refractivity contribution in [2.45, 2.75) is 49.9 Å². The maximum absolute atomic E-state index is 12.2. The van der Waals surface area contributed by atoms with Crippen molar-refractivity contribution in [2.24, 2.45) is 0 Å². The normalized spacial score (nSPS) is 22.2. The van der Waals surface area contributed by atoms with Gasteiger partial charge in [0, 0.05) is 24.4 Å². The maximum atomic E-state index is 12.2. The van der Waals surface area contributed by atoms with Gasteiger partial charge in [-0.1, -0.05) is 22.6 Å². The highest BCUT2D eigenvalue weighted by Gasteiger charge is 2.37. The molecule has 0 aromatic carbocycles. The number of rotatable bonds is 2. The molecule has 1 aromatic heterocycles. The van der Waals surface area contributed by atoms with Gasteiger partial charge in [-0.25, -0.2) is 4.79 Å². The molecule has 1 aliphatic rings. The Kier molecular flexibility index (Phi) is 4.95. The van der Waals surface area contributed by atoms with Crippen molar-refractivity contribution >= 4 is 28.7 Å². The van der Waals surface area contributed by atoms with Gasteiger partial charge in [-0.05, 0) is 33.8 Å². The van der Waals surface area contributed by atoms with Crippen LogP contribution in [0.4, 0.5) is 4.79 Å². The van der Waals surface area contributed by atoms with Crippen LogP contribution in [0, 0.1) is 6.92 Å². The first-order valence-corrected chi connectivity index (χ1v) is 8.22. The summed E-state index contributed by atoms with van der Waals surface area (Å²) >= 11 is 2.26. The van der Waals surface area contributed by atoms with Gasteiger partial charge in [0.1, 0.15) is 17.5 Å². The molecular formula is C15H21IN2O3. The molecule has 0 saturated carbocycles. The molecule has 6 heteroatoms. The zero-order chi connectivity index (χ0) is 15.6. The van der Waals surface area contributed by atoms with E-state index in [1.54, 1.807) is 11.1 Å². The molecule has 116 valence electrons. The molecule has 0 aliphatic carbocycles. The predicted molar refractivity (Wildman–Crippen MR) is 88.8 cm³/mol. The van der Waals surface area contributed by atoms with Gasteiger partial charge >= 0.3 is 6.09 Å². The van der Waals surface area contributed by atoms with Crippen LogP contribution in [0.5, 0.6) is 5.75 Å². The standard InChI is InChI=1S/C15H21IN2O3/c1-10-7-11(5-6-17-10)20-12-8-13(16)18(9-12)14(19)21-15(2,3)4/h5-7,12-13H,8-9H2,1-4H3/t12-,13-/m1/s1. The van der Waals surface area contributed by atoms with E-state index < -0.39 is 5.60 Å². The van der Waals surface area contributed by atoms with Gasteiger partial charge in [-0.3, -0.25) is 9.88 Å². The molecule has 5 nitrogen and oxygen atoms in total. The van der Waals surface area contributed by atoms with Crippen LogP contribution in [0.3, 0.4) is 0 Å². The summed E-state index contributed by atoms with van der Waals surface area (Å²) in [5.41, 5.74) is 0.440. The highest BCUT2D eigenvalue weighted by molar-refractivity contribution is 14.1. The molecule has 2 heterocycles. The monoisotopic (exact) mass is 404 g/mol. The number of carbonyl (C=O) groups excluding carboxylic acids is 1. The minimum Gasteiger partial charge on any atom is -0.488 e. The third-order valence-electron chi connectivity index (χ3n) is 2.99. The molecule has 0 unspecified atom stereocenters. The Morgan fingerprint density at radius 2 is 2.19 bits per heavy atom. The number of amides is 1. The molecule has 21 heavy (non-hydrogen) atoms. The van der Waals surface area contributed by atoms with Crippen molar-refractivity contribution in [1.29, 1.82) is 0 Å². The largest absolute Gasteiger partial charge is 0.488 e. The molecule has 1 aromatic rings. The Morgan fingerprint density at radius 3 is 2.81 bits per heavy atom. The van der Waals surface area contributed by atoms with Crippen molar-refractivity contribution in [3.05, 3.63) is 24.0 Å². The number of pyridine rings is 1. The van der Waals surface area contributed by atoms with Crippen LogP contribution in [-0.4, -0.2) is 38.3 Å². The number of ether oxygens (including phenoxy) is 2. The van der Waals surface area contributed by atoms with Crippen molar-refractivity contribution in [3.63, 3.8) is 0 Å². The molecule has 2 rings (SSSR count). The molecule has 1 saturated heterocycles. The van der Waals surface area contributed by atoms with Crippen LogP contribution in [0.25, 0.3) is 0 Å². The Labute approximate surface area is 139 Å². The van der Waals surface area contributed by atoms with Gasteiger partial charge in [0.15, 0.2) is 0 Å². The number of aromatic nitrogens is 1. The van der Waals surface area contributed by atoms with Gasteiger partial charge in [0.05, 0.1) is 10.6 Å². The second kappa shape index (κ2) is 6.37. The van der Waals surface area contributed by atoms with Crippen LogP contribution in [-0.2, 0) is 4.74 Å². The summed E-state index contributed by atoms with van der Waals surface area (Å²) in [7, 11) is 0. The lowest BCUT2D eigenvalue weighted by molar-refractivity contribution is 0.0267. The number of alkyl halides is 1. The van der Waals surface area contributed by atoms with E-state index in [4.69, 9.17) is 9.47 Å². The number of halogens is 1. The molecule has 1 aliphatic heterocycles. The van der Waals surface area contributed by atoms with Crippen LogP contribution < -0.4 is 4.74 Å². The topological polar surface area (TPSA) is 51.7 Å². The van der Waals surface area contributed by atoms with Crippen molar-refractivity contribution in [2.75, 3.05) is 6.54 Å². The van der Waals surface area contributed by atoms with E-state index in [0.29, 0.717) is 6.54 Å². The number of aryl methyl sites for hydroxylation is 1. The Hall–Kier alpha value is -1.05. The number of likely N-dealkylation sites (tertiary alicyclic amines) is 1. The number of nitrogens with zero attached hydrogens (tertiary/aromatic N) is 2. The van der Waals surface area contributed by atoms with Gasteiger partial charge < -0.3 is 9.47 Å². The summed E-state index contributed by atoms with van der Waals surface area (Å²) in [6.07, 6.45) is 2.23. The SMILES string of the molecule is Cc1cc(O[C@@H]2C[C@H](I)N(C(=O)OC(C)(C)C)C2)ccn1. The Balaban J connectivity index is 1.96. The van der Waals surface area contributed by atoms with Gasteiger partial charge in [-0.15, -0.1) is 0 Å². The van der Waals surface area contributed by atoms with Crippen molar-refractivity contribution in [3.8, 4) is 5.75 Å². The first-order valence-electron chi connectivity index (χ1n) is 6.97. The van der Waals surface area contributed by atoms with Crippen molar-refractivity contribution < 1.29 is 14.3 Å². The van der Waals surface area contributed by atoms with Crippen molar-refractivity contribution in [1.82, 2.24) is 9.88 Å². The average Bonchev–Trinajstić information content (AvgIpc) is 2.68. The smallest absolute Gasteiger partial charge is 0.411 e. The van der Waals surface area contributed by atoms with Gasteiger partial charge in [0.25, 0.3) is 0 Å². The van der Waals surface area contributed by atoms with Crippen LogP contribution in [0.2, 0.25) is 0 Å². The van der Waals surface area contributed by atoms with E-state index in [1.807, 2.05) is 39.8 Å². The second-order valence-electron chi connectivity index (χ2n) is 6.18. The molecule has 2 atom stereocenters. The van der Waals surface area contributed by atoms with Gasteiger partial charge in [0.2, 0.25) is 0 Å². The van der Waals surface area contributed by atoms with E-state index in [2.05, 4.69) is 27.6 Å². The van der Waals surface area contributed by atoms with E-state index in [1.165, 1.54) is 0 Å². The van der Waals surface area contributed by atoms with Crippen LogP contribution in [0.15, 0.2) is 18.3 Å². The van der Waals surface area contributed by atoms with E-state index in [9.17, 15) is 4.79 Å². The number of hydrogen-bond acceptors (Lipinski definition) is 4. The van der Waals surface area contributed by atoms with Crippen LogP contribution in [0.1, 0.15) is 32.9 Å². The summed E-state index contributed by atoms with van der Waals surface area (Å²) in [6, 6.07) is 3.74. The maximum Gasteiger partial charge on any atom is 0.411 e. The minimum absolute atomic E-state index is 0.0128. The molecule has 0 N–H and O–H groups in total. The van der Waals surface area contributed by atoms with E-state index >= 15 is 0 Å². The lowest BCUT2D eigenvalue weighted by Crippen LogP contribution is -2.38. The van der Waals surface area contributed by atoms with E-state index in [0.717, 1.165) is 17.9 Å². The lowest BCUT2D eigenvalue weighted by atomic mass is 10.2.